The molecule has 0 radical (unpaired) electrons. The maximum absolute atomic E-state index is 14.4. The average molecular weight is 1480 g/mol. The second kappa shape index (κ2) is 40.5. The van der Waals surface area contributed by atoms with Crippen LogP contribution in [0.3, 0.4) is 0 Å². The SMILES string of the molecule is COc1cc2nc(C)c(C(=O)N[C@H](COC(=O)[C@H](CCCCN)NC(=O)[C@H](CC(C)C)NC(=O)[C@H](CC(=O)O)NC(=O)[C@H](CC(C)C)NC(=O)[C@H](CC(C)C)NC(=O)CNC(=O)[C@@H]3CCCN3C(=O)[C@H](CCCN=C(N)N)NC(=O)OCC3c4ccccc4-c4ccccc43)Cc3ccccc3)cc2cc1O. The molecule has 1 aliphatic heterocycles. The number of nitrogens with two attached hydrogens (primary N) is 3. The van der Waals surface area contributed by atoms with Crippen LogP contribution in [0.1, 0.15) is 151 Å². The van der Waals surface area contributed by atoms with Crippen molar-refractivity contribution in [1.82, 2.24) is 52.4 Å². The van der Waals surface area contributed by atoms with Crippen LogP contribution in [-0.4, -0.2) is 186 Å². The number of likely N-dealkylation sites (tertiary alicyclic amines) is 1. The summed E-state index contributed by atoms with van der Waals surface area (Å²) in [5, 5.41) is 42.4. The molecule has 2 aliphatic rings. The molecule has 1 saturated heterocycles. The number of fused-ring (bicyclic) bond motifs is 4. The number of hydrogen-bond donors (Lipinski definition) is 13. The van der Waals surface area contributed by atoms with Crippen molar-refractivity contribution in [2.45, 2.75) is 180 Å². The Morgan fingerprint density at radius 3 is 1.79 bits per heavy atom. The van der Waals surface area contributed by atoms with Crippen molar-refractivity contribution in [1.29, 1.82) is 0 Å². The van der Waals surface area contributed by atoms with Crippen LogP contribution >= 0.6 is 0 Å². The number of aromatic hydroxyl groups is 1. The van der Waals surface area contributed by atoms with Gasteiger partial charge in [-0.15, -0.1) is 0 Å². The highest BCUT2D eigenvalue weighted by Gasteiger charge is 2.40. The molecule has 30 nitrogen and oxygen atoms in total. The molecular formula is C77H104N14O16. The Kier molecular flexibility index (Phi) is 31.6. The van der Waals surface area contributed by atoms with Gasteiger partial charge in [-0.25, -0.2) is 9.59 Å². The number of phenolic OH excluding ortho intramolecular Hbond substituents is 1. The zero-order valence-corrected chi connectivity index (χ0v) is 62.1. The topological polar surface area (TPSA) is 459 Å². The van der Waals surface area contributed by atoms with E-state index in [2.05, 4.69) is 52.5 Å². The molecule has 1 aliphatic carbocycles. The first kappa shape index (κ1) is 83.4. The molecule has 2 heterocycles. The number of carboxylic acids is 1. The van der Waals surface area contributed by atoms with Crippen LogP contribution in [0.4, 0.5) is 4.79 Å². The van der Waals surface area contributed by atoms with Gasteiger partial charge in [-0.3, -0.25) is 53.1 Å². The Labute approximate surface area is 623 Å². The number of ether oxygens (including phenoxy) is 3. The van der Waals surface area contributed by atoms with E-state index in [-0.39, 0.29) is 131 Å². The van der Waals surface area contributed by atoms with Crippen molar-refractivity contribution in [2.75, 3.05) is 46.5 Å². The van der Waals surface area contributed by atoms with E-state index in [9.17, 15) is 63.0 Å². The molecule has 30 heteroatoms. The highest BCUT2D eigenvalue weighted by Crippen LogP contribution is 2.44. The molecule has 0 saturated carbocycles. The smallest absolute Gasteiger partial charge is 0.407 e. The van der Waals surface area contributed by atoms with Crippen molar-refractivity contribution < 1.29 is 77.2 Å². The highest BCUT2D eigenvalue weighted by molar-refractivity contribution is 6.00. The fourth-order valence-electron chi connectivity index (χ4n) is 13.2. The quantitative estimate of drug-likeness (QED) is 0.0112. The summed E-state index contributed by atoms with van der Waals surface area (Å²) >= 11 is 0. The fourth-order valence-corrected chi connectivity index (χ4v) is 13.2. The number of methoxy groups -OCH3 is 1. The van der Waals surface area contributed by atoms with Gasteiger partial charge in [0.2, 0.25) is 41.4 Å². The predicted octanol–water partition coefficient (Wildman–Crippen LogP) is 4.38. The van der Waals surface area contributed by atoms with Gasteiger partial charge in [0.15, 0.2) is 17.5 Å². The zero-order valence-electron chi connectivity index (χ0n) is 62.1. The summed E-state index contributed by atoms with van der Waals surface area (Å²) in [5.41, 5.74) is 22.8. The fraction of sp³-hybridized carbons (Fsp3) is 0.494. The highest BCUT2D eigenvalue weighted by atomic mass is 16.5. The van der Waals surface area contributed by atoms with Crippen molar-refractivity contribution in [3.63, 3.8) is 0 Å². The van der Waals surface area contributed by atoms with Crippen LogP contribution in [0.5, 0.6) is 11.5 Å². The number of benzene rings is 4. The van der Waals surface area contributed by atoms with Gasteiger partial charge >= 0.3 is 18.0 Å². The largest absolute Gasteiger partial charge is 0.504 e. The minimum Gasteiger partial charge on any atom is -0.504 e. The first-order valence-corrected chi connectivity index (χ1v) is 36.4. The first-order chi connectivity index (χ1) is 51.0. The summed E-state index contributed by atoms with van der Waals surface area (Å²) in [6.45, 7) is 11.8. The Bertz CT molecular complexity index is 3940. The second-order valence-electron chi connectivity index (χ2n) is 28.3. The monoisotopic (exact) mass is 1480 g/mol. The van der Waals surface area contributed by atoms with Gasteiger partial charge in [-0.1, -0.05) is 120 Å². The molecule has 0 bridgehead atoms. The summed E-state index contributed by atoms with van der Waals surface area (Å²) in [6.07, 6.45) is 0.236. The van der Waals surface area contributed by atoms with Crippen LogP contribution < -0.4 is 64.5 Å². The zero-order chi connectivity index (χ0) is 78.0. The number of aryl methyl sites for hydroxylation is 1. The van der Waals surface area contributed by atoms with Crippen LogP contribution in [-0.2, 0) is 59.0 Å². The molecule has 4 aromatic carbocycles. The molecule has 0 unspecified atom stereocenters. The molecule has 8 atom stereocenters. The van der Waals surface area contributed by atoms with Crippen molar-refractivity contribution in [3.8, 4) is 22.6 Å². The third-order valence-electron chi connectivity index (χ3n) is 18.4. The van der Waals surface area contributed by atoms with Crippen LogP contribution in [0.2, 0.25) is 0 Å². The van der Waals surface area contributed by atoms with E-state index in [1.807, 2.05) is 78.9 Å². The lowest BCUT2D eigenvalue weighted by Gasteiger charge is -2.29. The molecule has 16 N–H and O–H groups in total. The van der Waals surface area contributed by atoms with Gasteiger partial charge in [0.1, 0.15) is 55.5 Å². The van der Waals surface area contributed by atoms with Crippen molar-refractivity contribution in [2.24, 2.45) is 39.9 Å². The third-order valence-corrected chi connectivity index (χ3v) is 18.4. The summed E-state index contributed by atoms with van der Waals surface area (Å²) in [7, 11) is 1.41. The second-order valence-corrected chi connectivity index (χ2v) is 28.3. The Morgan fingerprint density at radius 2 is 1.21 bits per heavy atom. The normalized spacial score (nSPS) is 15.1. The van der Waals surface area contributed by atoms with Gasteiger partial charge in [0.25, 0.3) is 5.91 Å². The number of aromatic nitrogens is 1. The first-order valence-electron chi connectivity index (χ1n) is 36.4. The van der Waals surface area contributed by atoms with E-state index in [1.54, 1.807) is 60.6 Å². The van der Waals surface area contributed by atoms with E-state index in [0.29, 0.717) is 35.9 Å². The minimum atomic E-state index is -1.82. The summed E-state index contributed by atoms with van der Waals surface area (Å²) in [5.74, 6) is -9.78. The van der Waals surface area contributed by atoms with Gasteiger partial charge in [-0.05, 0) is 142 Å². The van der Waals surface area contributed by atoms with E-state index in [1.165, 1.54) is 18.1 Å². The number of rotatable bonds is 40. The lowest BCUT2D eigenvalue weighted by molar-refractivity contribution is -0.149. The standard InChI is InChI=1S/C77H104N14O16/c1-43(2)32-59(85-66(93)40-82-73(101)63-28-19-31-91(63)74(102)56(27-18-30-81-76(79)80)90-77(104)107-42-55-52-24-14-12-22-50(52)51-23-13-15-25-53(51)55)69(97)87-61(34-45(5)6)71(99)89-62(39-67(94)95)72(100)88-60(33-44(3)4)70(98)86-57(26-16-17-29-78)75(103)106-41-49(35-47-20-10-9-11-21-47)84-68(96)54-36-48-37-64(92)65(105-8)38-58(48)83-46(54)7/h9-15,20-25,36-38,43-45,49,55-57,59-63,92H,16-19,26-35,39-42,78H2,1-8H3,(H,82,101)(H,84,96)(H,85,93)(H,86,98)(H,87,97)(H,88,100)(H,89,99)(H,90,104)(H,94,95)(H4,79,80,81)/t49-,56-,57-,59-,60-,61-,62-,63-/m0/s1. The van der Waals surface area contributed by atoms with E-state index in [4.69, 9.17) is 31.4 Å². The average Bonchev–Trinajstić information content (AvgIpc) is 1.64. The summed E-state index contributed by atoms with van der Waals surface area (Å²) in [4.78, 5) is 164. The number of pyridine rings is 1. The number of carbonyl (C=O) groups excluding carboxylic acids is 10. The third kappa shape index (κ3) is 24.9. The minimum absolute atomic E-state index is 0.0185. The molecule has 1 fully saturated rings. The van der Waals surface area contributed by atoms with Crippen molar-refractivity contribution in [3.05, 3.63) is 125 Å². The van der Waals surface area contributed by atoms with Gasteiger partial charge < -0.3 is 89.1 Å². The lowest BCUT2D eigenvalue weighted by Crippen LogP contribution is -2.59. The number of carboxylic acid groups (broad SMARTS) is 1. The number of amides is 9. The van der Waals surface area contributed by atoms with Crippen molar-refractivity contribution >= 4 is 82.2 Å². The Morgan fingerprint density at radius 1 is 0.654 bits per heavy atom. The number of esters is 1. The summed E-state index contributed by atoms with van der Waals surface area (Å²) in [6, 6.07) is 19.1. The van der Waals surface area contributed by atoms with Gasteiger partial charge in [-0.2, -0.15) is 0 Å². The Hall–Kier alpha value is -10.9. The molecule has 107 heavy (non-hydrogen) atoms. The maximum atomic E-state index is 14.4. The number of aliphatic carboxylic acids is 1. The molecule has 1 aromatic heterocycles. The number of carbonyl (C=O) groups is 11. The number of hydrogen-bond acceptors (Lipinski definition) is 18. The van der Waals surface area contributed by atoms with E-state index < -0.39 is 127 Å². The molecular weight excluding hydrogens is 1380 g/mol. The maximum Gasteiger partial charge on any atom is 0.407 e. The Balaban J connectivity index is 0.974. The van der Waals surface area contributed by atoms with E-state index >= 15 is 0 Å². The lowest BCUT2D eigenvalue weighted by atomic mass is 9.98. The number of nitrogens with one attached hydrogen (secondary N) is 8. The number of phenols is 1. The molecule has 5 aromatic rings. The number of nitrogens with zero attached hydrogens (tertiary/aromatic N) is 3. The van der Waals surface area contributed by atoms with Crippen LogP contribution in [0, 0.1) is 24.7 Å². The van der Waals surface area contributed by atoms with Gasteiger partial charge in [0, 0.05) is 30.5 Å². The number of alkyl carbamates (subject to hydrolysis) is 1. The summed E-state index contributed by atoms with van der Waals surface area (Å²) < 4.78 is 16.9. The molecule has 0 spiro atoms. The van der Waals surface area contributed by atoms with Crippen LogP contribution in [0.15, 0.2) is 102 Å². The molecule has 7 rings (SSSR count). The van der Waals surface area contributed by atoms with Crippen LogP contribution in [0.25, 0.3) is 22.0 Å². The predicted molar refractivity (Wildman–Crippen MR) is 400 cm³/mol. The number of guanidine groups is 1. The molecule has 578 valence electrons. The van der Waals surface area contributed by atoms with Gasteiger partial charge in [0.05, 0.1) is 42.9 Å². The van der Waals surface area contributed by atoms with E-state index in [0.717, 1.165) is 27.8 Å². The molecule has 9 amide bonds. The number of aliphatic imine (C=N–C) groups is 1. The number of unbranched alkanes of at least 4 members (excludes halogenated alkanes) is 1.